The topological polar surface area (TPSA) is 72.6 Å². The van der Waals surface area contributed by atoms with Crippen LogP contribution in [0.1, 0.15) is 12.8 Å². The van der Waals surface area contributed by atoms with Gasteiger partial charge >= 0.3 is 0 Å². The Hall–Kier alpha value is -1.08. The molecule has 0 spiro atoms. The van der Waals surface area contributed by atoms with Gasteiger partial charge in [-0.15, -0.1) is 0 Å². The van der Waals surface area contributed by atoms with Crippen LogP contribution in [0.2, 0.25) is 0 Å². The maximum atomic E-state index is 13.0. The number of hydrogen-bond acceptors (Lipinski definition) is 4. The number of imide groups is 1. The minimum Gasteiger partial charge on any atom is -0.355 e. The normalized spacial score (nSPS) is 30.1. The van der Waals surface area contributed by atoms with Gasteiger partial charge in [-0.05, 0) is 12.8 Å². The Labute approximate surface area is 90.5 Å². The molecule has 2 heterocycles. The molecular weight excluding hydrogens is 222 g/mol. The van der Waals surface area contributed by atoms with Gasteiger partial charge in [0.15, 0.2) is 0 Å². The standard InChI is InChI=1S/C9H12F2N2O3/c10-9(11,3-12)4-13-7(14)5-1-2-6(16-5)8(13)15/h5-6H,1-4,12H2. The Morgan fingerprint density at radius 1 is 1.31 bits per heavy atom. The lowest BCUT2D eigenvalue weighted by atomic mass is 10.2. The van der Waals surface area contributed by atoms with E-state index >= 15 is 0 Å². The quantitative estimate of drug-likeness (QED) is 0.668. The Bertz CT molecular complexity index is 313. The van der Waals surface area contributed by atoms with Gasteiger partial charge in [0.1, 0.15) is 12.2 Å². The number of rotatable bonds is 3. The number of likely N-dealkylation sites (tertiary alicyclic amines) is 1. The van der Waals surface area contributed by atoms with Crippen molar-refractivity contribution in [1.29, 1.82) is 0 Å². The van der Waals surface area contributed by atoms with Crippen LogP contribution in [0.5, 0.6) is 0 Å². The van der Waals surface area contributed by atoms with E-state index in [4.69, 9.17) is 10.5 Å². The number of nitrogens with two attached hydrogens (primary N) is 1. The third-order valence-electron chi connectivity index (χ3n) is 2.79. The highest BCUT2D eigenvalue weighted by Gasteiger charge is 2.49. The van der Waals surface area contributed by atoms with Crippen LogP contribution in [0, 0.1) is 0 Å². The molecule has 2 fully saturated rings. The summed E-state index contributed by atoms with van der Waals surface area (Å²) in [5, 5.41) is 0. The van der Waals surface area contributed by atoms with Crippen molar-refractivity contribution >= 4 is 11.8 Å². The lowest BCUT2D eigenvalue weighted by Crippen LogP contribution is -2.56. The first-order valence-corrected chi connectivity index (χ1v) is 5.03. The number of carbonyl (C=O) groups is 2. The van der Waals surface area contributed by atoms with Crippen LogP contribution < -0.4 is 5.73 Å². The molecule has 2 aliphatic rings. The summed E-state index contributed by atoms with van der Waals surface area (Å²) in [6, 6.07) is 0. The monoisotopic (exact) mass is 234 g/mol. The van der Waals surface area contributed by atoms with E-state index in [1.165, 1.54) is 0 Å². The predicted molar refractivity (Wildman–Crippen MR) is 48.6 cm³/mol. The molecule has 2 N–H and O–H groups in total. The number of nitrogens with zero attached hydrogens (tertiary/aromatic N) is 1. The number of amides is 2. The number of halogens is 2. The van der Waals surface area contributed by atoms with E-state index in [0.29, 0.717) is 17.7 Å². The van der Waals surface area contributed by atoms with Crippen LogP contribution >= 0.6 is 0 Å². The van der Waals surface area contributed by atoms with E-state index in [9.17, 15) is 18.4 Å². The van der Waals surface area contributed by atoms with E-state index in [0.717, 1.165) is 0 Å². The molecule has 0 saturated carbocycles. The van der Waals surface area contributed by atoms with Crippen molar-refractivity contribution in [2.24, 2.45) is 5.73 Å². The van der Waals surface area contributed by atoms with Crippen molar-refractivity contribution < 1.29 is 23.1 Å². The molecule has 2 atom stereocenters. The minimum atomic E-state index is -3.23. The largest absolute Gasteiger partial charge is 0.355 e. The van der Waals surface area contributed by atoms with Gasteiger partial charge in [-0.25, -0.2) is 8.78 Å². The van der Waals surface area contributed by atoms with Gasteiger partial charge < -0.3 is 10.5 Å². The van der Waals surface area contributed by atoms with E-state index in [2.05, 4.69) is 0 Å². The summed E-state index contributed by atoms with van der Waals surface area (Å²) < 4.78 is 31.2. The molecule has 7 heteroatoms. The summed E-state index contributed by atoms with van der Waals surface area (Å²) in [6.07, 6.45) is -0.646. The van der Waals surface area contributed by atoms with Crippen LogP contribution in [0.25, 0.3) is 0 Å². The molecule has 0 aromatic rings. The summed E-state index contributed by atoms with van der Waals surface area (Å²) in [4.78, 5) is 23.8. The average molecular weight is 234 g/mol. The summed E-state index contributed by atoms with van der Waals surface area (Å²) in [7, 11) is 0. The number of fused-ring (bicyclic) bond motifs is 2. The third-order valence-corrected chi connectivity index (χ3v) is 2.79. The number of ether oxygens (including phenoxy) is 1. The van der Waals surface area contributed by atoms with Gasteiger partial charge in [-0.3, -0.25) is 14.5 Å². The number of carbonyl (C=O) groups excluding carboxylic acids is 2. The average Bonchev–Trinajstić information content (AvgIpc) is 2.69. The Kier molecular flexibility index (Phi) is 2.67. The lowest BCUT2D eigenvalue weighted by molar-refractivity contribution is -0.173. The maximum Gasteiger partial charge on any atom is 0.277 e. The first kappa shape index (κ1) is 11.4. The zero-order valence-corrected chi connectivity index (χ0v) is 8.49. The molecule has 2 saturated heterocycles. The van der Waals surface area contributed by atoms with Crippen molar-refractivity contribution in [1.82, 2.24) is 4.90 Å². The maximum absolute atomic E-state index is 13.0. The fourth-order valence-electron chi connectivity index (χ4n) is 1.91. The Balaban J connectivity index is 2.14. The molecule has 5 nitrogen and oxygen atoms in total. The predicted octanol–water partition coefficient (Wildman–Crippen LogP) is -0.503. The van der Waals surface area contributed by atoms with Crippen molar-refractivity contribution in [2.75, 3.05) is 13.1 Å². The second-order valence-corrected chi connectivity index (χ2v) is 4.01. The van der Waals surface area contributed by atoms with Gasteiger partial charge in [0.2, 0.25) is 0 Å². The molecule has 90 valence electrons. The first-order chi connectivity index (χ1) is 7.44. The van der Waals surface area contributed by atoms with Gasteiger partial charge in [0.05, 0.1) is 13.1 Å². The van der Waals surface area contributed by atoms with Crippen molar-refractivity contribution in [2.45, 2.75) is 31.0 Å². The zero-order valence-electron chi connectivity index (χ0n) is 8.49. The second-order valence-electron chi connectivity index (χ2n) is 4.01. The van der Waals surface area contributed by atoms with E-state index in [1.807, 2.05) is 0 Å². The van der Waals surface area contributed by atoms with Crippen molar-refractivity contribution in [3.63, 3.8) is 0 Å². The smallest absolute Gasteiger partial charge is 0.277 e. The molecule has 2 amide bonds. The molecule has 16 heavy (non-hydrogen) atoms. The molecule has 0 aromatic heterocycles. The van der Waals surface area contributed by atoms with Crippen LogP contribution in [0.4, 0.5) is 8.78 Å². The van der Waals surface area contributed by atoms with Crippen LogP contribution in [-0.2, 0) is 14.3 Å². The Morgan fingerprint density at radius 3 is 2.25 bits per heavy atom. The van der Waals surface area contributed by atoms with Gasteiger partial charge in [0.25, 0.3) is 17.7 Å². The Morgan fingerprint density at radius 2 is 1.81 bits per heavy atom. The highest BCUT2D eigenvalue weighted by atomic mass is 19.3. The first-order valence-electron chi connectivity index (χ1n) is 5.03. The molecule has 2 unspecified atom stereocenters. The summed E-state index contributed by atoms with van der Waals surface area (Å²) in [6.45, 7) is -1.84. The van der Waals surface area contributed by atoms with Crippen LogP contribution in [0.3, 0.4) is 0 Å². The summed E-state index contributed by atoms with van der Waals surface area (Å²) in [5.41, 5.74) is 4.87. The van der Waals surface area contributed by atoms with Crippen LogP contribution in [-0.4, -0.2) is 47.9 Å². The molecule has 2 aliphatic heterocycles. The van der Waals surface area contributed by atoms with E-state index in [-0.39, 0.29) is 0 Å². The lowest BCUT2D eigenvalue weighted by Gasteiger charge is -2.31. The van der Waals surface area contributed by atoms with E-state index in [1.54, 1.807) is 0 Å². The molecule has 2 rings (SSSR count). The highest BCUT2D eigenvalue weighted by molar-refractivity contribution is 6.02. The highest BCUT2D eigenvalue weighted by Crippen LogP contribution is 2.29. The minimum absolute atomic E-state index is 0.417. The van der Waals surface area contributed by atoms with Gasteiger partial charge in [-0.1, -0.05) is 0 Å². The molecule has 0 radical (unpaired) electrons. The third kappa shape index (κ3) is 1.80. The molecular formula is C9H12F2N2O3. The van der Waals surface area contributed by atoms with Crippen molar-refractivity contribution in [3.8, 4) is 0 Å². The van der Waals surface area contributed by atoms with Crippen LogP contribution in [0.15, 0.2) is 0 Å². The summed E-state index contributed by atoms with van der Waals surface area (Å²) in [5.74, 6) is -4.58. The fraction of sp³-hybridized carbons (Fsp3) is 0.778. The number of alkyl halides is 2. The summed E-state index contributed by atoms with van der Waals surface area (Å²) >= 11 is 0. The molecule has 0 aromatic carbocycles. The second kappa shape index (κ2) is 3.74. The zero-order chi connectivity index (χ0) is 11.9. The van der Waals surface area contributed by atoms with Gasteiger partial charge in [-0.2, -0.15) is 0 Å². The van der Waals surface area contributed by atoms with Gasteiger partial charge in [0, 0.05) is 0 Å². The van der Waals surface area contributed by atoms with E-state index < -0.39 is 43.0 Å². The number of morpholine rings is 1. The molecule has 2 bridgehead atoms. The van der Waals surface area contributed by atoms with Crippen molar-refractivity contribution in [3.05, 3.63) is 0 Å². The fourth-order valence-corrected chi connectivity index (χ4v) is 1.91. The molecule has 0 aliphatic carbocycles. The number of hydrogen-bond donors (Lipinski definition) is 1. The SMILES string of the molecule is NCC(F)(F)CN1C(=O)C2CCC(O2)C1=O.